The van der Waals surface area contributed by atoms with Crippen molar-refractivity contribution >= 4 is 35.2 Å². The van der Waals surface area contributed by atoms with Gasteiger partial charge in [-0.2, -0.15) is 0 Å². The molecule has 2 aliphatic heterocycles. The zero-order chi connectivity index (χ0) is 29.1. The van der Waals surface area contributed by atoms with E-state index in [9.17, 15) is 9.59 Å². The molecule has 0 radical (unpaired) electrons. The number of hydrogen-bond acceptors (Lipinski definition) is 8. The number of hydrogen-bond donors (Lipinski definition) is 4. The van der Waals surface area contributed by atoms with Gasteiger partial charge in [-0.1, -0.05) is 18.9 Å². The molecule has 5 N–H and O–H groups in total. The topological polar surface area (TPSA) is 156 Å². The fourth-order valence-corrected chi connectivity index (χ4v) is 6.26. The third-order valence-corrected chi connectivity index (χ3v) is 8.58. The molecule has 0 unspecified atom stereocenters. The van der Waals surface area contributed by atoms with Gasteiger partial charge in [-0.25, -0.2) is 15.0 Å². The molecule has 6 rings (SSSR count). The highest BCUT2D eigenvalue weighted by Gasteiger charge is 2.27. The predicted molar refractivity (Wildman–Crippen MR) is 164 cm³/mol. The van der Waals surface area contributed by atoms with Crippen molar-refractivity contribution in [1.29, 1.82) is 5.41 Å². The van der Waals surface area contributed by atoms with Gasteiger partial charge in [0.05, 0.1) is 23.8 Å². The van der Waals surface area contributed by atoms with Crippen molar-refractivity contribution in [3.63, 3.8) is 0 Å². The van der Waals surface area contributed by atoms with E-state index in [0.29, 0.717) is 30.2 Å². The van der Waals surface area contributed by atoms with E-state index < -0.39 is 0 Å². The highest BCUT2D eigenvalue weighted by molar-refractivity contribution is 6.03. The lowest BCUT2D eigenvalue weighted by Gasteiger charge is -2.30. The van der Waals surface area contributed by atoms with Gasteiger partial charge in [0.15, 0.2) is 0 Å². The smallest absolute Gasteiger partial charge is 0.274 e. The number of amides is 1. The van der Waals surface area contributed by atoms with E-state index in [1.165, 1.54) is 12.6 Å². The predicted octanol–water partition coefficient (Wildman–Crippen LogP) is 3.97. The van der Waals surface area contributed by atoms with Gasteiger partial charge in [0.25, 0.3) is 11.5 Å². The first kappa shape index (κ1) is 27.6. The zero-order valence-electron chi connectivity index (χ0n) is 23.7. The Bertz CT molecular complexity index is 1540. The Hall–Kier alpha value is -4.54. The number of rotatable bonds is 7. The first-order chi connectivity index (χ1) is 20.5. The summed E-state index contributed by atoms with van der Waals surface area (Å²) in [5.74, 6) is 0.882. The molecular weight excluding hydrogens is 530 g/mol. The summed E-state index contributed by atoms with van der Waals surface area (Å²) in [5.41, 5.74) is 9.96. The van der Waals surface area contributed by atoms with Gasteiger partial charge in [-0.05, 0) is 61.4 Å². The highest BCUT2D eigenvalue weighted by atomic mass is 16.2. The fraction of sp³-hybridized carbons (Fsp3) is 0.419. The van der Waals surface area contributed by atoms with Crippen LogP contribution in [0.1, 0.15) is 72.1 Å². The first-order valence-electron chi connectivity index (χ1n) is 14.8. The van der Waals surface area contributed by atoms with Gasteiger partial charge >= 0.3 is 0 Å². The van der Waals surface area contributed by atoms with Crippen molar-refractivity contribution in [3.8, 4) is 0 Å². The number of aromatic amines is 1. The molecule has 2 aromatic heterocycles. The molecule has 1 aromatic carbocycles. The monoisotopic (exact) mass is 567 g/mol. The molecule has 1 saturated heterocycles. The van der Waals surface area contributed by atoms with Gasteiger partial charge in [0.1, 0.15) is 22.9 Å². The van der Waals surface area contributed by atoms with E-state index in [-0.39, 0.29) is 34.8 Å². The zero-order valence-corrected chi connectivity index (χ0v) is 23.7. The number of piperidine rings is 1. The van der Waals surface area contributed by atoms with Crippen molar-refractivity contribution in [3.05, 3.63) is 75.6 Å². The van der Waals surface area contributed by atoms with Crippen molar-refractivity contribution < 1.29 is 4.79 Å². The molecule has 218 valence electrons. The third-order valence-electron chi connectivity index (χ3n) is 8.58. The van der Waals surface area contributed by atoms with E-state index in [4.69, 9.17) is 11.1 Å². The normalized spacial score (nSPS) is 20.7. The molecular formula is C31H37N9O2. The maximum absolute atomic E-state index is 13.2. The summed E-state index contributed by atoms with van der Waals surface area (Å²) < 4.78 is 0. The van der Waals surface area contributed by atoms with E-state index in [0.717, 1.165) is 68.6 Å². The first-order valence-corrected chi connectivity index (χ1v) is 14.8. The second kappa shape index (κ2) is 12.1. The second-order valence-corrected chi connectivity index (χ2v) is 11.4. The fourth-order valence-electron chi connectivity index (χ4n) is 6.26. The van der Waals surface area contributed by atoms with Crippen molar-refractivity contribution in [2.45, 2.75) is 64.1 Å². The Morgan fingerprint density at radius 1 is 1.05 bits per heavy atom. The average molecular weight is 568 g/mol. The average Bonchev–Trinajstić information content (AvgIpc) is 3.45. The Morgan fingerprint density at radius 2 is 1.86 bits per heavy atom. The van der Waals surface area contributed by atoms with E-state index in [1.807, 2.05) is 18.2 Å². The van der Waals surface area contributed by atoms with Crippen LogP contribution in [0.15, 0.2) is 52.6 Å². The van der Waals surface area contributed by atoms with Gasteiger partial charge in [0.2, 0.25) is 0 Å². The number of aliphatic imine (C=N–C) groups is 1. The quantitative estimate of drug-likeness (QED) is 0.249. The van der Waals surface area contributed by atoms with Crippen LogP contribution in [0.3, 0.4) is 0 Å². The Labute approximate surface area is 244 Å². The largest absolute Gasteiger partial charge is 0.383 e. The summed E-state index contributed by atoms with van der Waals surface area (Å²) >= 11 is 0. The molecule has 0 bridgehead atoms. The molecule has 1 amide bonds. The molecule has 11 heteroatoms. The summed E-state index contributed by atoms with van der Waals surface area (Å²) in [4.78, 5) is 46.3. The number of aromatic nitrogens is 3. The Balaban J connectivity index is 1.17. The second-order valence-electron chi connectivity index (χ2n) is 11.4. The molecule has 2 atom stereocenters. The molecule has 3 aliphatic rings. The van der Waals surface area contributed by atoms with Crippen LogP contribution in [0.25, 0.3) is 0 Å². The number of carbonyl (C=O) groups is 1. The van der Waals surface area contributed by atoms with Crippen LogP contribution in [0, 0.1) is 11.3 Å². The van der Waals surface area contributed by atoms with Gasteiger partial charge < -0.3 is 31.2 Å². The molecule has 42 heavy (non-hydrogen) atoms. The van der Waals surface area contributed by atoms with Gasteiger partial charge in [-0.15, -0.1) is 0 Å². The van der Waals surface area contributed by atoms with Crippen LogP contribution in [-0.4, -0.2) is 56.9 Å². The minimum Gasteiger partial charge on any atom is -0.383 e. The molecule has 4 heterocycles. The lowest BCUT2D eigenvalue weighted by molar-refractivity contribution is 0.0745. The SMILES string of the molecule is N=C[C@H]1CCCC[C@@H]1Nc1cc[nH]c(=O)c1C(N)=Nc1ccc2c(c1)CN(C(=O)c1cnc(N3CCCCC3)cn1)C2. The number of pyridine rings is 1. The van der Waals surface area contributed by atoms with E-state index >= 15 is 0 Å². The molecule has 1 aliphatic carbocycles. The summed E-state index contributed by atoms with van der Waals surface area (Å²) in [6, 6.07) is 7.58. The van der Waals surface area contributed by atoms with E-state index in [1.54, 1.807) is 29.6 Å². The molecule has 0 spiro atoms. The van der Waals surface area contributed by atoms with Crippen molar-refractivity contribution in [1.82, 2.24) is 19.9 Å². The van der Waals surface area contributed by atoms with Crippen molar-refractivity contribution in [2.75, 3.05) is 23.3 Å². The maximum Gasteiger partial charge on any atom is 0.274 e. The van der Waals surface area contributed by atoms with Gasteiger partial charge in [0, 0.05) is 50.6 Å². The highest BCUT2D eigenvalue weighted by Crippen LogP contribution is 2.30. The molecule has 1 saturated carbocycles. The Morgan fingerprint density at radius 3 is 2.64 bits per heavy atom. The summed E-state index contributed by atoms with van der Waals surface area (Å²) in [6.45, 7) is 2.85. The summed E-state index contributed by atoms with van der Waals surface area (Å²) in [7, 11) is 0. The van der Waals surface area contributed by atoms with Crippen molar-refractivity contribution in [2.24, 2.45) is 16.6 Å². The van der Waals surface area contributed by atoms with Crippen LogP contribution in [0.5, 0.6) is 0 Å². The van der Waals surface area contributed by atoms with Crippen LogP contribution < -0.4 is 21.5 Å². The molecule has 2 fully saturated rings. The standard InChI is InChI=1S/C31H37N9O2/c32-15-20-6-2-3-7-24(20)38-25-10-11-34-30(41)28(25)29(33)37-23-9-8-21-18-40(19-22(21)14-23)31(42)26-16-36-27(17-35-26)39-12-4-1-5-13-39/h8-11,14-17,20,24,32H,1-7,12-13,18-19H2,(H2,33,37)(H2,34,38,41)/t20-,24+/m1/s1. The number of nitrogens with two attached hydrogens (primary N) is 1. The van der Waals surface area contributed by atoms with Crippen LogP contribution >= 0.6 is 0 Å². The lowest BCUT2D eigenvalue weighted by atomic mass is 9.85. The third kappa shape index (κ3) is 5.77. The summed E-state index contributed by atoms with van der Waals surface area (Å²) in [5, 5.41) is 11.3. The number of fused-ring (bicyclic) bond motifs is 1. The van der Waals surface area contributed by atoms with Crippen LogP contribution in [0.2, 0.25) is 0 Å². The number of nitrogens with zero attached hydrogens (tertiary/aromatic N) is 5. The lowest BCUT2D eigenvalue weighted by Crippen LogP contribution is -2.35. The molecule has 11 nitrogen and oxygen atoms in total. The number of nitrogens with one attached hydrogen (secondary N) is 3. The van der Waals surface area contributed by atoms with Gasteiger partial charge in [-0.3, -0.25) is 9.59 Å². The van der Waals surface area contributed by atoms with E-state index in [2.05, 4.69) is 30.2 Å². The summed E-state index contributed by atoms with van der Waals surface area (Å²) in [6.07, 6.45) is 14.0. The van der Waals surface area contributed by atoms with Crippen LogP contribution in [-0.2, 0) is 13.1 Å². The minimum absolute atomic E-state index is 0.0683. The number of carbonyl (C=O) groups excluding carboxylic acids is 1. The minimum atomic E-state index is -0.325. The molecule has 3 aromatic rings. The number of amidine groups is 1. The van der Waals surface area contributed by atoms with Crippen LogP contribution in [0.4, 0.5) is 17.2 Å². The maximum atomic E-state index is 13.2. The number of H-pyrrole nitrogens is 1. The Kier molecular flexibility index (Phi) is 7.98. The number of benzene rings is 1. The number of anilines is 2.